The fraction of sp³-hybridized carbons (Fsp3) is 0. The monoisotopic (exact) mass is 629 g/mol. The summed E-state index contributed by atoms with van der Waals surface area (Å²) in [6.07, 6.45) is 6.27. The van der Waals surface area contributed by atoms with E-state index in [4.69, 9.17) is 15.7 Å². The Balaban J connectivity index is 1.58. The molecule has 49 heavy (non-hydrogen) atoms. The molecule has 5 heterocycles. The first-order chi connectivity index (χ1) is 24.2. The van der Waals surface area contributed by atoms with E-state index in [2.05, 4.69) is 149 Å². The quantitative estimate of drug-likeness (QED) is 0.203. The van der Waals surface area contributed by atoms with E-state index in [1.165, 1.54) is 0 Å². The lowest BCUT2D eigenvalue weighted by Crippen LogP contribution is -1.98. The molecule has 7 aromatic rings. The number of aromatic amines is 1. The topological polar surface area (TPSA) is 72.5 Å². The van der Waals surface area contributed by atoms with Crippen LogP contribution in [0, 0.1) is 0 Å². The molecule has 0 spiro atoms. The summed E-state index contributed by atoms with van der Waals surface area (Å²) in [7, 11) is 0. The van der Waals surface area contributed by atoms with Crippen LogP contribution in [-0.4, -0.2) is 19.5 Å². The molecule has 0 amide bonds. The van der Waals surface area contributed by atoms with E-state index in [9.17, 15) is 0 Å². The summed E-state index contributed by atoms with van der Waals surface area (Å²) in [4.78, 5) is 14.0. The highest BCUT2D eigenvalue weighted by Gasteiger charge is 2.26. The predicted molar refractivity (Wildman–Crippen MR) is 204 cm³/mol. The van der Waals surface area contributed by atoms with Gasteiger partial charge in [-0.05, 0) is 77.4 Å². The Bertz CT molecular complexity index is 2580. The standard InChI is InChI=1S/C44H31N5/c45-42-39-28-35-24-23-33(47-35)25-32-21-22-34(46-32)26-36-27-38(29-13-5-1-6-14-29)43(48-36)41(31-17-9-3-10-18-31)44(40(42)30-15-7-2-8-16-30)49(39)37-19-11-4-12-20-37/h1-28,46H,45H2. The summed E-state index contributed by atoms with van der Waals surface area (Å²) >= 11 is 0. The molecule has 3 aromatic heterocycles. The van der Waals surface area contributed by atoms with Gasteiger partial charge in [-0.3, -0.25) is 0 Å². The Morgan fingerprint density at radius 3 is 1.67 bits per heavy atom. The maximum absolute atomic E-state index is 7.37. The van der Waals surface area contributed by atoms with E-state index in [1.54, 1.807) is 0 Å². The number of nitrogens with one attached hydrogen (secondary N) is 1. The summed E-state index contributed by atoms with van der Waals surface area (Å²) in [5, 5.41) is 0. The minimum absolute atomic E-state index is 0.671. The van der Waals surface area contributed by atoms with Crippen LogP contribution in [0.1, 0.15) is 28.3 Å². The third-order valence-electron chi connectivity index (χ3n) is 9.04. The molecule has 2 aliphatic rings. The molecule has 5 heteroatoms. The number of nitrogen functional groups attached to an aromatic ring is 1. The summed E-state index contributed by atoms with van der Waals surface area (Å²) in [6.45, 7) is 0. The van der Waals surface area contributed by atoms with Gasteiger partial charge in [-0.1, -0.05) is 109 Å². The van der Waals surface area contributed by atoms with Crippen molar-refractivity contribution >= 4 is 51.6 Å². The molecule has 0 aliphatic carbocycles. The van der Waals surface area contributed by atoms with Crippen molar-refractivity contribution in [3.8, 4) is 27.9 Å². The van der Waals surface area contributed by atoms with Gasteiger partial charge in [0.25, 0.3) is 0 Å². The maximum Gasteiger partial charge on any atom is 0.0815 e. The summed E-state index contributed by atoms with van der Waals surface area (Å²) in [5.41, 5.74) is 22.3. The van der Waals surface area contributed by atoms with E-state index in [-0.39, 0.29) is 0 Å². The van der Waals surface area contributed by atoms with Crippen molar-refractivity contribution in [1.29, 1.82) is 0 Å². The zero-order valence-corrected chi connectivity index (χ0v) is 26.6. The molecule has 0 saturated carbocycles. The van der Waals surface area contributed by atoms with Crippen LogP contribution in [0.5, 0.6) is 0 Å². The highest BCUT2D eigenvalue weighted by atomic mass is 15.0. The van der Waals surface area contributed by atoms with Crippen LogP contribution in [-0.2, 0) is 0 Å². The van der Waals surface area contributed by atoms with E-state index < -0.39 is 0 Å². The third-order valence-corrected chi connectivity index (χ3v) is 9.04. The lowest BCUT2D eigenvalue weighted by atomic mass is 9.93. The van der Waals surface area contributed by atoms with E-state index in [0.29, 0.717) is 5.69 Å². The first-order valence-corrected chi connectivity index (χ1v) is 16.4. The molecule has 0 saturated heterocycles. The van der Waals surface area contributed by atoms with E-state index in [0.717, 1.165) is 83.9 Å². The van der Waals surface area contributed by atoms with Crippen LogP contribution in [0.3, 0.4) is 0 Å². The van der Waals surface area contributed by atoms with Crippen molar-refractivity contribution in [2.24, 2.45) is 0 Å². The Morgan fingerprint density at radius 1 is 0.510 bits per heavy atom. The molecular formula is C44H31N5. The molecule has 0 atom stereocenters. The molecule has 0 fully saturated rings. The third kappa shape index (κ3) is 5.14. The molecule has 0 radical (unpaired) electrons. The van der Waals surface area contributed by atoms with Crippen molar-refractivity contribution in [3.05, 3.63) is 180 Å². The lowest BCUT2D eigenvalue weighted by molar-refractivity contribution is 1.17. The first-order valence-electron chi connectivity index (χ1n) is 16.4. The summed E-state index contributed by atoms with van der Waals surface area (Å²) < 4.78 is 2.28. The minimum atomic E-state index is 0.671. The van der Waals surface area contributed by atoms with Gasteiger partial charge >= 0.3 is 0 Å². The SMILES string of the molecule is Nc1c(-c2ccccc2)c2c(-c3ccccc3)c3nc(cc4ccc(cc5nc(cc1n2-c1ccccc1)C=C5)[nH]4)C=C3c1ccccc1. The van der Waals surface area contributed by atoms with Gasteiger partial charge in [0.05, 0.1) is 39.5 Å². The van der Waals surface area contributed by atoms with Crippen molar-refractivity contribution < 1.29 is 0 Å². The Morgan fingerprint density at radius 2 is 1.04 bits per heavy atom. The number of rotatable bonds is 4. The minimum Gasteiger partial charge on any atom is -0.396 e. The smallest absolute Gasteiger partial charge is 0.0815 e. The molecule has 0 unspecified atom stereocenters. The van der Waals surface area contributed by atoms with E-state index in [1.807, 2.05) is 30.4 Å². The van der Waals surface area contributed by atoms with Gasteiger partial charge in [0, 0.05) is 33.4 Å². The zero-order chi connectivity index (χ0) is 32.7. The van der Waals surface area contributed by atoms with Gasteiger partial charge in [-0.2, -0.15) is 0 Å². The Labute approximate surface area is 284 Å². The van der Waals surface area contributed by atoms with Gasteiger partial charge in [0.2, 0.25) is 0 Å². The second-order valence-electron chi connectivity index (χ2n) is 12.2. The number of hydrogen-bond acceptors (Lipinski definition) is 3. The van der Waals surface area contributed by atoms with Gasteiger partial charge in [-0.25, -0.2) is 9.97 Å². The van der Waals surface area contributed by atoms with Gasteiger partial charge < -0.3 is 15.3 Å². The number of fused-ring (bicyclic) bond motifs is 8. The first kappa shape index (κ1) is 28.5. The van der Waals surface area contributed by atoms with Crippen molar-refractivity contribution in [2.75, 3.05) is 5.73 Å². The van der Waals surface area contributed by atoms with Gasteiger partial charge in [0.15, 0.2) is 0 Å². The second kappa shape index (κ2) is 11.8. The highest BCUT2D eigenvalue weighted by molar-refractivity contribution is 6.10. The molecule has 5 nitrogen and oxygen atoms in total. The molecule has 2 aliphatic heterocycles. The number of nitrogens with zero attached hydrogens (tertiary/aromatic N) is 3. The summed E-state index contributed by atoms with van der Waals surface area (Å²) in [6, 6.07) is 52.3. The molecule has 3 N–H and O–H groups in total. The number of nitrogens with two attached hydrogens (primary N) is 1. The molecular weight excluding hydrogens is 599 g/mol. The average molecular weight is 630 g/mol. The number of anilines is 1. The van der Waals surface area contributed by atoms with Crippen LogP contribution >= 0.6 is 0 Å². The number of hydrogen-bond donors (Lipinski definition) is 2. The molecule has 9 rings (SSSR count). The second-order valence-corrected chi connectivity index (χ2v) is 12.2. The average Bonchev–Trinajstić information content (AvgIpc) is 3.94. The van der Waals surface area contributed by atoms with Crippen LogP contribution < -0.4 is 5.73 Å². The molecule has 8 bridgehead atoms. The van der Waals surface area contributed by atoms with Gasteiger partial charge in [-0.15, -0.1) is 0 Å². The summed E-state index contributed by atoms with van der Waals surface area (Å²) in [5.74, 6) is 0. The number of aromatic nitrogens is 4. The number of benzene rings is 4. The zero-order valence-electron chi connectivity index (χ0n) is 26.6. The maximum atomic E-state index is 7.37. The van der Waals surface area contributed by atoms with Crippen LogP contribution in [0.25, 0.3) is 73.8 Å². The van der Waals surface area contributed by atoms with Crippen LogP contribution in [0.2, 0.25) is 0 Å². The number of para-hydroxylation sites is 1. The highest BCUT2D eigenvalue weighted by Crippen LogP contribution is 2.46. The predicted octanol–water partition coefficient (Wildman–Crippen LogP) is 10.5. The molecule has 232 valence electrons. The van der Waals surface area contributed by atoms with Gasteiger partial charge in [0.1, 0.15) is 0 Å². The molecule has 4 aromatic carbocycles. The van der Waals surface area contributed by atoms with Crippen molar-refractivity contribution in [3.63, 3.8) is 0 Å². The van der Waals surface area contributed by atoms with Crippen LogP contribution in [0.15, 0.2) is 152 Å². The normalized spacial score (nSPS) is 12.2. The van der Waals surface area contributed by atoms with Crippen molar-refractivity contribution in [1.82, 2.24) is 19.5 Å². The lowest BCUT2D eigenvalue weighted by Gasteiger charge is -2.15. The van der Waals surface area contributed by atoms with E-state index >= 15 is 0 Å². The fourth-order valence-corrected chi connectivity index (χ4v) is 6.87. The number of H-pyrrole nitrogens is 1. The Hall–Kier alpha value is -6.72. The largest absolute Gasteiger partial charge is 0.396 e. The Kier molecular flexibility index (Phi) is 6.87. The van der Waals surface area contributed by atoms with Crippen LogP contribution in [0.4, 0.5) is 5.69 Å². The van der Waals surface area contributed by atoms with Crippen molar-refractivity contribution in [2.45, 2.75) is 0 Å². The fourth-order valence-electron chi connectivity index (χ4n) is 6.87.